The van der Waals surface area contributed by atoms with E-state index in [0.29, 0.717) is 16.9 Å². The normalized spacial score (nSPS) is 13.2. The summed E-state index contributed by atoms with van der Waals surface area (Å²) >= 11 is 0.698. The molecule has 0 amide bonds. The first-order valence-electron chi connectivity index (χ1n) is 5.15. The van der Waals surface area contributed by atoms with Crippen LogP contribution in [0.2, 0.25) is 0 Å². The van der Waals surface area contributed by atoms with Gasteiger partial charge in [0.2, 0.25) is 0 Å². The van der Waals surface area contributed by atoms with Crippen LogP contribution >= 0.6 is 18.9 Å². The average Bonchev–Trinajstić information content (AvgIpc) is 2.86. The van der Waals surface area contributed by atoms with Crippen LogP contribution < -0.4 is 9.79 Å². The molecule has 0 aliphatic carbocycles. The van der Waals surface area contributed by atoms with Crippen molar-refractivity contribution < 1.29 is 23.7 Å². The first-order chi connectivity index (χ1) is 9.29. The molecule has 20 heavy (non-hydrogen) atoms. The van der Waals surface area contributed by atoms with Gasteiger partial charge in [0.05, 0.1) is 10.6 Å². The summed E-state index contributed by atoms with van der Waals surface area (Å²) in [5.74, 6) is -2.68. The van der Waals surface area contributed by atoms with E-state index in [1.807, 2.05) is 0 Å². The number of non-ortho nitro benzene ring substituents is 1. The second-order valence-corrected chi connectivity index (χ2v) is 6.17. The van der Waals surface area contributed by atoms with Crippen molar-refractivity contribution >= 4 is 24.6 Å². The Balaban J connectivity index is 2.29. The molecule has 0 fully saturated rings. The molecule has 0 saturated carbocycles. The number of hydrogen-bond acceptors (Lipinski definition) is 7. The molecule has 1 unspecified atom stereocenters. The van der Waals surface area contributed by atoms with Crippen LogP contribution in [-0.4, -0.2) is 9.91 Å². The fraction of sp³-hybridized carbons (Fsp3) is 0.100. The molecule has 0 aliphatic rings. The van der Waals surface area contributed by atoms with Crippen molar-refractivity contribution in [3.05, 3.63) is 44.8 Å². The maximum atomic E-state index is 13.3. The lowest BCUT2D eigenvalue weighted by molar-refractivity contribution is -0.384. The minimum atomic E-state index is -5.39. The van der Waals surface area contributed by atoms with E-state index in [9.17, 15) is 28.9 Å². The van der Waals surface area contributed by atoms with Gasteiger partial charge in [0, 0.05) is 23.1 Å². The number of nitro benzene ring substituents is 1. The van der Waals surface area contributed by atoms with E-state index in [1.54, 1.807) is 0 Å². The number of nitro groups is 1. The summed E-state index contributed by atoms with van der Waals surface area (Å²) in [6.07, 6.45) is 0. The zero-order valence-corrected chi connectivity index (χ0v) is 11.3. The van der Waals surface area contributed by atoms with Crippen molar-refractivity contribution in [3.8, 4) is 11.3 Å². The van der Waals surface area contributed by atoms with Gasteiger partial charge in [0.1, 0.15) is 5.01 Å². The zero-order chi connectivity index (χ0) is 14.9. The summed E-state index contributed by atoms with van der Waals surface area (Å²) in [7, 11) is -5.39. The molecule has 1 aromatic carbocycles. The Morgan fingerprint density at radius 3 is 2.40 bits per heavy atom. The lowest BCUT2D eigenvalue weighted by atomic mass is 10.1. The van der Waals surface area contributed by atoms with Crippen molar-refractivity contribution in [1.29, 1.82) is 0 Å². The van der Waals surface area contributed by atoms with Gasteiger partial charge < -0.3 is 14.4 Å². The van der Waals surface area contributed by atoms with Crippen LogP contribution in [0.25, 0.3) is 11.3 Å². The molecule has 0 radical (unpaired) electrons. The lowest BCUT2D eigenvalue weighted by Gasteiger charge is -2.31. The van der Waals surface area contributed by atoms with E-state index in [2.05, 4.69) is 4.98 Å². The van der Waals surface area contributed by atoms with E-state index < -0.39 is 23.4 Å². The molecule has 0 N–H and O–H groups in total. The number of halogens is 1. The number of thiazole rings is 1. The standard InChI is InChI=1S/C10H8FN2O5PS/c11-9(19(16,17)18)10-12-8(5-20-10)6-1-3-7(4-2-6)13(14)15/h1-5,9H,(H2,16,17,18)/p-2. The van der Waals surface area contributed by atoms with Crippen molar-refractivity contribution in [2.75, 3.05) is 0 Å². The van der Waals surface area contributed by atoms with E-state index in [0.717, 1.165) is 0 Å². The quantitative estimate of drug-likeness (QED) is 0.480. The molecule has 0 spiro atoms. The van der Waals surface area contributed by atoms with Crippen LogP contribution in [0.1, 0.15) is 10.9 Å². The predicted molar refractivity (Wildman–Crippen MR) is 65.7 cm³/mol. The van der Waals surface area contributed by atoms with Crippen LogP contribution in [0.5, 0.6) is 0 Å². The second kappa shape index (κ2) is 5.37. The molecule has 1 atom stereocenters. The van der Waals surface area contributed by atoms with Crippen molar-refractivity contribution in [1.82, 2.24) is 4.98 Å². The van der Waals surface area contributed by atoms with Gasteiger partial charge in [-0.25, -0.2) is 9.37 Å². The molecule has 7 nitrogen and oxygen atoms in total. The Hall–Kier alpha value is -1.67. The third-order valence-electron chi connectivity index (χ3n) is 2.38. The molecular weight excluding hydrogens is 310 g/mol. The highest BCUT2D eigenvalue weighted by Crippen LogP contribution is 2.46. The highest BCUT2D eigenvalue weighted by molar-refractivity contribution is 7.49. The number of nitrogens with zero attached hydrogens (tertiary/aromatic N) is 2. The molecule has 2 aromatic rings. The molecule has 106 valence electrons. The van der Waals surface area contributed by atoms with Gasteiger partial charge in [-0.3, -0.25) is 10.1 Å². The Morgan fingerprint density at radius 1 is 1.30 bits per heavy atom. The smallest absolute Gasteiger partial charge is 0.269 e. The molecule has 0 bridgehead atoms. The summed E-state index contributed by atoms with van der Waals surface area (Å²) in [6.45, 7) is 0. The maximum Gasteiger partial charge on any atom is 0.269 e. The van der Waals surface area contributed by atoms with Gasteiger partial charge >= 0.3 is 0 Å². The monoisotopic (exact) mass is 316 g/mol. The van der Waals surface area contributed by atoms with Crippen molar-refractivity contribution in [2.24, 2.45) is 0 Å². The topological polar surface area (TPSA) is 119 Å². The summed E-state index contributed by atoms with van der Waals surface area (Å²) < 4.78 is 23.9. The Labute approximate surface area is 116 Å². The molecule has 0 saturated heterocycles. The first-order valence-corrected chi connectivity index (χ1v) is 7.64. The van der Waals surface area contributed by atoms with Gasteiger partial charge in [0.15, 0.2) is 5.91 Å². The lowest BCUT2D eigenvalue weighted by Crippen LogP contribution is -2.18. The fourth-order valence-corrected chi connectivity index (χ4v) is 3.00. The van der Waals surface area contributed by atoms with Gasteiger partial charge in [-0.1, -0.05) is 0 Å². The number of aromatic nitrogens is 1. The third-order valence-corrected chi connectivity index (χ3v) is 4.23. The molecule has 10 heteroatoms. The Morgan fingerprint density at radius 2 is 1.90 bits per heavy atom. The van der Waals surface area contributed by atoms with Crippen LogP contribution in [0.15, 0.2) is 29.6 Å². The second-order valence-electron chi connectivity index (χ2n) is 3.75. The summed E-state index contributed by atoms with van der Waals surface area (Å²) in [6, 6.07) is 5.29. The highest BCUT2D eigenvalue weighted by atomic mass is 32.1. The van der Waals surface area contributed by atoms with Crippen LogP contribution in [0, 0.1) is 10.1 Å². The molecule has 1 heterocycles. The van der Waals surface area contributed by atoms with Crippen LogP contribution in [0.3, 0.4) is 0 Å². The summed E-state index contributed by atoms with van der Waals surface area (Å²) in [5, 5.41) is 11.4. The van der Waals surface area contributed by atoms with E-state index >= 15 is 0 Å². The molecule has 2 rings (SSSR count). The first kappa shape index (κ1) is 14.7. The molecular formula is C10H6FN2O5PS-2. The fourth-order valence-electron chi connectivity index (χ4n) is 1.42. The molecule has 1 aromatic heterocycles. The highest BCUT2D eigenvalue weighted by Gasteiger charge is 2.18. The summed E-state index contributed by atoms with van der Waals surface area (Å²) in [5.41, 5.74) is 0.587. The van der Waals surface area contributed by atoms with E-state index in [4.69, 9.17) is 0 Å². The Kier molecular flexibility index (Phi) is 3.96. The number of benzene rings is 1. The van der Waals surface area contributed by atoms with E-state index in [-0.39, 0.29) is 11.4 Å². The van der Waals surface area contributed by atoms with E-state index in [1.165, 1.54) is 29.6 Å². The Bertz CT molecular complexity index is 683. The molecule has 0 aliphatic heterocycles. The van der Waals surface area contributed by atoms with Gasteiger partial charge in [-0.2, -0.15) is 0 Å². The SMILES string of the molecule is O=[N+]([O-])c1ccc(-c2csc(C(F)P(=O)([O-])[O-])n2)cc1. The minimum Gasteiger partial charge on any atom is -0.808 e. The van der Waals surface area contributed by atoms with Crippen molar-refractivity contribution in [3.63, 3.8) is 0 Å². The maximum absolute atomic E-state index is 13.3. The van der Waals surface area contributed by atoms with Crippen molar-refractivity contribution in [2.45, 2.75) is 5.91 Å². The third kappa shape index (κ3) is 3.07. The number of alkyl halides is 1. The van der Waals surface area contributed by atoms with Gasteiger partial charge in [-0.05, 0) is 19.7 Å². The predicted octanol–water partition coefficient (Wildman–Crippen LogP) is 1.60. The average molecular weight is 316 g/mol. The zero-order valence-electron chi connectivity index (χ0n) is 9.63. The van der Waals surface area contributed by atoms with Gasteiger partial charge in [-0.15, -0.1) is 11.3 Å². The van der Waals surface area contributed by atoms with Gasteiger partial charge in [0.25, 0.3) is 5.69 Å². The summed E-state index contributed by atoms with van der Waals surface area (Å²) in [4.78, 5) is 34.8. The number of rotatable bonds is 4. The number of hydrogen-bond donors (Lipinski definition) is 0. The minimum absolute atomic E-state index is 0.115. The largest absolute Gasteiger partial charge is 0.808 e. The van der Waals surface area contributed by atoms with Crippen LogP contribution in [-0.2, 0) is 4.57 Å². The van der Waals surface area contributed by atoms with Crippen LogP contribution in [0.4, 0.5) is 10.1 Å².